The maximum Gasteiger partial charge on any atom is 0.334 e. The Morgan fingerprint density at radius 3 is 1.59 bits per heavy atom. The second-order valence-electron chi connectivity index (χ2n) is 11.2. The summed E-state index contributed by atoms with van der Waals surface area (Å²) in [5.41, 5.74) is -3.32. The molecule has 2 aromatic rings. The van der Waals surface area contributed by atoms with E-state index in [1.54, 1.807) is 6.92 Å². The molecule has 0 aromatic heterocycles. The number of ether oxygens (including phenoxy) is 1. The van der Waals surface area contributed by atoms with Gasteiger partial charge in [-0.05, 0) is 31.6 Å². The third-order valence-corrected chi connectivity index (χ3v) is 11.0. The first-order valence-electron chi connectivity index (χ1n) is 13.6. The van der Waals surface area contributed by atoms with Crippen LogP contribution in [0.1, 0.15) is 20.8 Å². The van der Waals surface area contributed by atoms with Gasteiger partial charge in [-0.1, -0.05) is 47.1 Å². The van der Waals surface area contributed by atoms with Gasteiger partial charge in [0.1, 0.15) is 11.4 Å². The van der Waals surface area contributed by atoms with E-state index in [1.807, 2.05) is 0 Å². The number of imide groups is 2. The molecular weight excluding hydrogens is 644 g/mol. The zero-order chi connectivity index (χ0) is 32.0. The average molecular weight is 667 g/mol. The third-order valence-electron chi connectivity index (χ3n) is 9.42. The standard InChI is InChI=1S/C29H23BrN4O10/c1-4-44-27(39)18-13(2)29(30)21-19(23(35)31(25(21)37)14-9-5-7-11-16(14)33(40)41)28(18,3)20-22(29)26(38)32(24(20)36)15-10-6-8-12-17(15)34(42)43/h5-12,19-22H,4H2,1-3H3/t19-,20+,21-,22+,28?,29?. The molecule has 1 saturated carbocycles. The second kappa shape index (κ2) is 9.61. The SMILES string of the molecule is CCOC(=O)C1=C(C)C2(Br)[C@@H]3C(=O)N(c4ccccc4[N+](=O)[O-])C(=O)[C@H]3C1(C)[C@H]1C(=O)N(c3ccccc3[N+](=O)[O-])C(=O)[C@@H]12. The number of rotatable bonds is 6. The first kappa shape index (κ1) is 29.3. The van der Waals surface area contributed by atoms with E-state index in [2.05, 4.69) is 15.9 Å². The summed E-state index contributed by atoms with van der Waals surface area (Å²) < 4.78 is 3.54. The molecule has 2 unspecified atom stereocenters. The Morgan fingerprint density at radius 1 is 0.818 bits per heavy atom. The van der Waals surface area contributed by atoms with Crippen LogP contribution in [-0.4, -0.2) is 50.4 Å². The van der Waals surface area contributed by atoms with Crippen molar-refractivity contribution in [2.24, 2.45) is 29.1 Å². The number of allylic oxidation sites excluding steroid dienone is 1. The van der Waals surface area contributed by atoms with E-state index in [4.69, 9.17) is 4.74 Å². The van der Waals surface area contributed by atoms with E-state index in [0.29, 0.717) is 9.80 Å². The minimum absolute atomic E-state index is 0.0619. The lowest BCUT2D eigenvalue weighted by Gasteiger charge is -2.59. The lowest BCUT2D eigenvalue weighted by Crippen LogP contribution is -2.67. The van der Waals surface area contributed by atoms with Crippen LogP contribution < -0.4 is 9.80 Å². The predicted octanol–water partition coefficient (Wildman–Crippen LogP) is 3.46. The average Bonchev–Trinajstić information content (AvgIpc) is 3.41. The van der Waals surface area contributed by atoms with Crippen molar-refractivity contribution in [1.82, 2.24) is 0 Å². The van der Waals surface area contributed by atoms with Crippen LogP contribution in [0.25, 0.3) is 0 Å². The number of hydrogen-bond donors (Lipinski definition) is 0. The van der Waals surface area contributed by atoms with Crippen LogP contribution in [-0.2, 0) is 28.7 Å². The molecule has 2 heterocycles. The van der Waals surface area contributed by atoms with Gasteiger partial charge in [-0.15, -0.1) is 0 Å². The summed E-state index contributed by atoms with van der Waals surface area (Å²) in [6.07, 6.45) is 0. The highest BCUT2D eigenvalue weighted by Crippen LogP contribution is 2.73. The molecule has 2 aromatic carbocycles. The zero-order valence-electron chi connectivity index (χ0n) is 23.4. The molecule has 0 spiro atoms. The molecule has 0 radical (unpaired) electrons. The summed E-state index contributed by atoms with van der Waals surface area (Å²) in [6.45, 7) is 4.44. The molecule has 7 rings (SSSR count). The van der Waals surface area contributed by atoms with Gasteiger partial charge in [-0.3, -0.25) is 39.4 Å². The van der Waals surface area contributed by atoms with E-state index in [0.717, 1.165) is 12.1 Å². The maximum absolute atomic E-state index is 14.4. The molecule has 226 valence electrons. The number of para-hydroxylation sites is 4. The number of carbonyl (C=O) groups excluding carboxylic acids is 5. The number of hydrogen-bond acceptors (Lipinski definition) is 10. The van der Waals surface area contributed by atoms with Gasteiger partial charge < -0.3 is 4.74 Å². The van der Waals surface area contributed by atoms with Crippen LogP contribution in [0.15, 0.2) is 59.7 Å². The molecule has 3 fully saturated rings. The Labute approximate surface area is 257 Å². The number of nitro groups is 2. The minimum Gasteiger partial charge on any atom is -0.463 e. The summed E-state index contributed by atoms with van der Waals surface area (Å²) in [6, 6.07) is 10.4. The number of nitrogens with zero attached hydrogens (tertiary/aromatic N) is 4. The van der Waals surface area contributed by atoms with Gasteiger partial charge in [-0.2, -0.15) is 0 Å². The third kappa shape index (κ3) is 3.38. The lowest BCUT2D eigenvalue weighted by molar-refractivity contribution is -0.384. The Balaban J connectivity index is 1.61. The summed E-state index contributed by atoms with van der Waals surface area (Å²) in [5, 5.41) is 23.7. The highest BCUT2D eigenvalue weighted by atomic mass is 79.9. The smallest absolute Gasteiger partial charge is 0.334 e. The molecule has 6 atom stereocenters. The van der Waals surface area contributed by atoms with Crippen LogP contribution in [0.3, 0.4) is 0 Å². The first-order chi connectivity index (χ1) is 20.8. The molecule has 0 N–H and O–H groups in total. The van der Waals surface area contributed by atoms with Crippen molar-refractivity contribution in [3.05, 3.63) is 79.9 Å². The summed E-state index contributed by atoms with van der Waals surface area (Å²) in [5.74, 6) is -9.96. The van der Waals surface area contributed by atoms with Gasteiger partial charge in [-0.25, -0.2) is 14.6 Å². The molecule has 44 heavy (non-hydrogen) atoms. The number of esters is 1. The minimum atomic E-state index is -1.82. The molecule has 2 bridgehead atoms. The van der Waals surface area contributed by atoms with Crippen molar-refractivity contribution in [2.45, 2.75) is 25.1 Å². The fraction of sp³-hybridized carbons (Fsp3) is 0.345. The number of anilines is 2. The van der Waals surface area contributed by atoms with Gasteiger partial charge >= 0.3 is 5.97 Å². The molecular formula is C29H23BrN4O10. The molecule has 2 aliphatic heterocycles. The van der Waals surface area contributed by atoms with Crippen LogP contribution >= 0.6 is 15.9 Å². The fourth-order valence-corrected chi connectivity index (χ4v) is 8.94. The van der Waals surface area contributed by atoms with E-state index < -0.39 is 84.2 Å². The number of halogens is 1. The quantitative estimate of drug-likeness (QED) is 0.145. The van der Waals surface area contributed by atoms with Gasteiger partial charge in [0.15, 0.2) is 0 Å². The van der Waals surface area contributed by atoms with Crippen molar-refractivity contribution >= 4 is 68.3 Å². The number of alkyl halides is 1. The Kier molecular flexibility index (Phi) is 6.39. The first-order valence-corrected chi connectivity index (χ1v) is 14.4. The van der Waals surface area contributed by atoms with Crippen LogP contribution in [0.5, 0.6) is 0 Å². The Hall–Kier alpha value is -4.79. The van der Waals surface area contributed by atoms with Crippen molar-refractivity contribution in [1.29, 1.82) is 0 Å². The van der Waals surface area contributed by atoms with Crippen LogP contribution in [0.2, 0.25) is 0 Å². The molecule has 15 heteroatoms. The predicted molar refractivity (Wildman–Crippen MR) is 154 cm³/mol. The molecule has 2 saturated heterocycles. The Morgan fingerprint density at radius 2 is 1.20 bits per heavy atom. The van der Waals surface area contributed by atoms with Gasteiger partial charge in [0.2, 0.25) is 23.6 Å². The molecule has 14 nitrogen and oxygen atoms in total. The number of carbonyl (C=O) groups is 5. The highest BCUT2D eigenvalue weighted by molar-refractivity contribution is 9.10. The highest BCUT2D eigenvalue weighted by Gasteiger charge is 2.82. The van der Waals surface area contributed by atoms with Crippen molar-refractivity contribution in [3.8, 4) is 0 Å². The second-order valence-corrected chi connectivity index (χ2v) is 12.5. The van der Waals surface area contributed by atoms with Crippen LogP contribution in [0, 0.1) is 49.3 Å². The van der Waals surface area contributed by atoms with E-state index >= 15 is 0 Å². The number of benzene rings is 2. The maximum atomic E-state index is 14.4. The summed E-state index contributed by atoms with van der Waals surface area (Å²) in [7, 11) is 0. The van der Waals surface area contributed by atoms with E-state index in [1.165, 1.54) is 50.2 Å². The largest absolute Gasteiger partial charge is 0.463 e. The van der Waals surface area contributed by atoms with E-state index in [-0.39, 0.29) is 29.1 Å². The number of amides is 4. The number of nitro benzene ring substituents is 2. The monoisotopic (exact) mass is 666 g/mol. The molecule has 3 aliphatic carbocycles. The normalized spacial score (nSPS) is 30.5. The van der Waals surface area contributed by atoms with E-state index in [9.17, 15) is 44.2 Å². The summed E-state index contributed by atoms with van der Waals surface area (Å²) >= 11 is 3.59. The molecule has 4 amide bonds. The topological polar surface area (TPSA) is 187 Å². The molecule has 5 aliphatic rings. The van der Waals surface area contributed by atoms with Gasteiger partial charge in [0, 0.05) is 23.1 Å². The van der Waals surface area contributed by atoms with Crippen LogP contribution in [0.4, 0.5) is 22.7 Å². The van der Waals surface area contributed by atoms with Gasteiger partial charge in [0.05, 0.1) is 44.4 Å². The van der Waals surface area contributed by atoms with Crippen molar-refractivity contribution in [2.75, 3.05) is 16.4 Å². The lowest BCUT2D eigenvalue weighted by atomic mass is 9.43. The fourth-order valence-electron chi connectivity index (χ4n) is 7.82. The van der Waals surface area contributed by atoms with Crippen molar-refractivity contribution in [3.63, 3.8) is 0 Å². The summed E-state index contributed by atoms with van der Waals surface area (Å²) in [4.78, 5) is 94.5. The van der Waals surface area contributed by atoms with Gasteiger partial charge in [0.25, 0.3) is 11.4 Å². The van der Waals surface area contributed by atoms with Crippen molar-refractivity contribution < 1.29 is 38.6 Å². The zero-order valence-corrected chi connectivity index (χ0v) is 25.0. The Bertz CT molecular complexity index is 1680.